The highest BCUT2D eigenvalue weighted by molar-refractivity contribution is 6.31. The number of rotatable bonds is 6. The molecule has 1 aliphatic carbocycles. The zero-order valence-electron chi connectivity index (χ0n) is 9.95. The van der Waals surface area contributed by atoms with Gasteiger partial charge in [-0.1, -0.05) is 11.6 Å². The van der Waals surface area contributed by atoms with Gasteiger partial charge in [0.15, 0.2) is 0 Å². The van der Waals surface area contributed by atoms with Crippen LogP contribution in [0.5, 0.6) is 5.75 Å². The summed E-state index contributed by atoms with van der Waals surface area (Å²) in [6.07, 6.45) is 1.99. The molecule has 2 rings (SSSR count). The lowest BCUT2D eigenvalue weighted by molar-refractivity contribution is 0.106. The van der Waals surface area contributed by atoms with E-state index in [0.29, 0.717) is 19.2 Å². The average Bonchev–Trinajstić information content (AvgIpc) is 3.12. The molecule has 0 aliphatic heterocycles. The van der Waals surface area contributed by atoms with Crippen molar-refractivity contribution >= 4 is 11.6 Å². The summed E-state index contributed by atoms with van der Waals surface area (Å²) >= 11 is 5.92. The molecular weight excluding hydrogens is 238 g/mol. The molecule has 17 heavy (non-hydrogen) atoms. The van der Waals surface area contributed by atoms with Gasteiger partial charge in [0, 0.05) is 17.6 Å². The van der Waals surface area contributed by atoms with Gasteiger partial charge in [-0.2, -0.15) is 0 Å². The van der Waals surface area contributed by atoms with E-state index < -0.39 is 6.10 Å². The monoisotopic (exact) mass is 255 g/mol. The highest BCUT2D eigenvalue weighted by atomic mass is 35.5. The number of hydrogen-bond acceptors (Lipinski definition) is 3. The van der Waals surface area contributed by atoms with Crippen LogP contribution in [0.25, 0.3) is 0 Å². The van der Waals surface area contributed by atoms with Gasteiger partial charge in [0.05, 0.1) is 0 Å². The number of aliphatic hydroxyl groups is 1. The van der Waals surface area contributed by atoms with Crippen LogP contribution in [0.3, 0.4) is 0 Å². The van der Waals surface area contributed by atoms with Crippen LogP contribution in [0, 0.1) is 6.92 Å². The lowest BCUT2D eigenvalue weighted by Gasteiger charge is -2.13. The summed E-state index contributed by atoms with van der Waals surface area (Å²) in [6.45, 7) is 2.83. The van der Waals surface area contributed by atoms with E-state index in [-0.39, 0.29) is 0 Å². The Kier molecular flexibility index (Phi) is 4.26. The normalized spacial score (nSPS) is 16.9. The maximum Gasteiger partial charge on any atom is 0.119 e. The molecule has 0 spiro atoms. The first-order valence-corrected chi connectivity index (χ1v) is 6.33. The van der Waals surface area contributed by atoms with E-state index >= 15 is 0 Å². The van der Waals surface area contributed by atoms with Crippen LogP contribution in [0.1, 0.15) is 18.4 Å². The molecule has 0 bridgehead atoms. The molecule has 1 aliphatic rings. The Balaban J connectivity index is 1.73. The van der Waals surface area contributed by atoms with Crippen LogP contribution in [-0.4, -0.2) is 30.4 Å². The van der Waals surface area contributed by atoms with E-state index in [1.165, 1.54) is 12.8 Å². The van der Waals surface area contributed by atoms with Gasteiger partial charge < -0.3 is 15.2 Å². The molecule has 1 unspecified atom stereocenters. The topological polar surface area (TPSA) is 41.5 Å². The highest BCUT2D eigenvalue weighted by Crippen LogP contribution is 2.21. The van der Waals surface area contributed by atoms with Crippen LogP contribution in [-0.2, 0) is 0 Å². The van der Waals surface area contributed by atoms with Gasteiger partial charge in [-0.3, -0.25) is 0 Å². The van der Waals surface area contributed by atoms with Crippen molar-refractivity contribution in [3.63, 3.8) is 0 Å². The minimum Gasteiger partial charge on any atom is -0.491 e. The SMILES string of the molecule is Cc1cc(OCC(O)CNC2CC2)ccc1Cl. The number of ether oxygens (including phenoxy) is 1. The van der Waals surface area contributed by atoms with Crippen molar-refractivity contribution < 1.29 is 9.84 Å². The minimum absolute atomic E-state index is 0.306. The van der Waals surface area contributed by atoms with E-state index in [9.17, 15) is 5.11 Å². The van der Waals surface area contributed by atoms with Crippen molar-refractivity contribution in [1.29, 1.82) is 0 Å². The van der Waals surface area contributed by atoms with Gasteiger partial charge in [0.2, 0.25) is 0 Å². The molecule has 1 saturated carbocycles. The summed E-state index contributed by atoms with van der Waals surface area (Å²) < 4.78 is 5.51. The average molecular weight is 256 g/mol. The first-order valence-electron chi connectivity index (χ1n) is 5.95. The Morgan fingerprint density at radius 2 is 2.29 bits per heavy atom. The van der Waals surface area contributed by atoms with E-state index in [4.69, 9.17) is 16.3 Å². The van der Waals surface area contributed by atoms with Crippen molar-refractivity contribution in [2.45, 2.75) is 31.9 Å². The Morgan fingerprint density at radius 1 is 1.53 bits per heavy atom. The van der Waals surface area contributed by atoms with Crippen molar-refractivity contribution in [3.05, 3.63) is 28.8 Å². The predicted octanol–water partition coefficient (Wildman–Crippen LogP) is 2.14. The number of aliphatic hydroxyl groups excluding tert-OH is 1. The van der Waals surface area contributed by atoms with Crippen LogP contribution in [0.2, 0.25) is 5.02 Å². The van der Waals surface area contributed by atoms with Crippen LogP contribution in [0.15, 0.2) is 18.2 Å². The van der Waals surface area contributed by atoms with Gasteiger partial charge in [-0.25, -0.2) is 0 Å². The smallest absolute Gasteiger partial charge is 0.119 e. The zero-order valence-corrected chi connectivity index (χ0v) is 10.7. The summed E-state index contributed by atoms with van der Waals surface area (Å²) in [5.74, 6) is 0.748. The second-order valence-corrected chi connectivity index (χ2v) is 4.97. The summed E-state index contributed by atoms with van der Waals surface area (Å²) in [7, 11) is 0. The van der Waals surface area contributed by atoms with Crippen molar-refractivity contribution in [3.8, 4) is 5.75 Å². The van der Waals surface area contributed by atoms with E-state index in [0.717, 1.165) is 16.3 Å². The maximum atomic E-state index is 9.70. The Bertz CT molecular complexity index is 380. The van der Waals surface area contributed by atoms with Crippen LogP contribution < -0.4 is 10.1 Å². The zero-order chi connectivity index (χ0) is 12.3. The summed E-state index contributed by atoms with van der Waals surface area (Å²) in [5.41, 5.74) is 0.981. The van der Waals surface area contributed by atoms with Crippen molar-refractivity contribution in [2.24, 2.45) is 0 Å². The molecule has 2 N–H and O–H groups in total. The van der Waals surface area contributed by atoms with Gasteiger partial charge in [-0.15, -0.1) is 0 Å². The molecule has 1 aromatic rings. The number of aryl methyl sites for hydroxylation is 1. The summed E-state index contributed by atoms with van der Waals surface area (Å²) in [4.78, 5) is 0. The third-order valence-electron chi connectivity index (χ3n) is 2.79. The molecule has 94 valence electrons. The summed E-state index contributed by atoms with van der Waals surface area (Å²) in [6, 6.07) is 6.11. The molecule has 4 heteroatoms. The third-order valence-corrected chi connectivity index (χ3v) is 3.22. The predicted molar refractivity (Wildman–Crippen MR) is 68.7 cm³/mol. The molecule has 3 nitrogen and oxygen atoms in total. The summed E-state index contributed by atoms with van der Waals surface area (Å²) in [5, 5.41) is 13.7. The molecule has 0 aromatic heterocycles. The lowest BCUT2D eigenvalue weighted by Crippen LogP contribution is -2.32. The lowest BCUT2D eigenvalue weighted by atomic mass is 10.2. The minimum atomic E-state index is -0.466. The van der Waals surface area contributed by atoms with Gasteiger partial charge >= 0.3 is 0 Å². The number of halogens is 1. The second kappa shape index (κ2) is 5.71. The Labute approximate surface area is 107 Å². The molecule has 0 radical (unpaired) electrons. The van der Waals surface area contributed by atoms with Crippen LogP contribution >= 0.6 is 11.6 Å². The molecule has 1 aromatic carbocycles. The van der Waals surface area contributed by atoms with E-state index in [1.807, 2.05) is 19.1 Å². The third kappa shape index (κ3) is 4.19. The molecule has 1 fully saturated rings. The molecule has 0 heterocycles. The van der Waals surface area contributed by atoms with Crippen LogP contribution in [0.4, 0.5) is 0 Å². The molecule has 0 amide bonds. The van der Waals surface area contributed by atoms with E-state index in [1.54, 1.807) is 6.07 Å². The van der Waals surface area contributed by atoms with E-state index in [2.05, 4.69) is 5.32 Å². The maximum absolute atomic E-state index is 9.70. The first-order chi connectivity index (χ1) is 8.15. The van der Waals surface area contributed by atoms with Crippen molar-refractivity contribution in [1.82, 2.24) is 5.32 Å². The standard InChI is InChI=1S/C13H18ClNO2/c1-9-6-12(4-5-13(9)14)17-8-11(16)7-15-10-2-3-10/h4-6,10-11,15-16H,2-3,7-8H2,1H3. The number of nitrogens with one attached hydrogen (secondary N) is 1. The van der Waals surface area contributed by atoms with Gasteiger partial charge in [-0.05, 0) is 43.5 Å². The van der Waals surface area contributed by atoms with Crippen molar-refractivity contribution in [2.75, 3.05) is 13.2 Å². The fraction of sp³-hybridized carbons (Fsp3) is 0.538. The Hall–Kier alpha value is -0.770. The quantitative estimate of drug-likeness (QED) is 0.818. The van der Waals surface area contributed by atoms with Gasteiger partial charge in [0.25, 0.3) is 0 Å². The number of hydrogen-bond donors (Lipinski definition) is 2. The fourth-order valence-electron chi connectivity index (χ4n) is 1.55. The Morgan fingerprint density at radius 3 is 2.94 bits per heavy atom. The second-order valence-electron chi connectivity index (χ2n) is 4.56. The molecule has 1 atom stereocenters. The first kappa shape index (κ1) is 12.7. The molecule has 0 saturated heterocycles. The highest BCUT2D eigenvalue weighted by Gasteiger charge is 2.21. The van der Waals surface area contributed by atoms with Gasteiger partial charge in [0.1, 0.15) is 18.5 Å². The largest absolute Gasteiger partial charge is 0.491 e. The fourth-order valence-corrected chi connectivity index (χ4v) is 1.67. The molecular formula is C13H18ClNO2. The number of benzene rings is 1.